The Balaban J connectivity index is 2.76. The lowest BCUT2D eigenvalue weighted by Gasteiger charge is -2.36. The minimum Gasteiger partial charge on any atom is -0.371 e. The molecule has 0 radical (unpaired) electrons. The van der Waals surface area contributed by atoms with Crippen LogP contribution in [0.4, 0.5) is 5.69 Å². The maximum Gasteiger partial charge on any atom is 0.0366 e. The molecule has 0 saturated carbocycles. The van der Waals surface area contributed by atoms with Crippen LogP contribution in [0.5, 0.6) is 0 Å². The number of hydrogen-bond donors (Lipinski definition) is 1. The minimum absolute atomic E-state index is 0.311. The standard InChI is InChI=1S/C18H32N2/c1-7-18(6,13-19-15(3)4)14-20(8-2)17-11-9-16(5)10-12-17/h9-12,15,19H,7-8,13-14H2,1-6H3. The first-order chi connectivity index (χ1) is 9.40. The summed E-state index contributed by atoms with van der Waals surface area (Å²) in [7, 11) is 0. The van der Waals surface area contributed by atoms with Gasteiger partial charge in [-0.3, -0.25) is 0 Å². The summed E-state index contributed by atoms with van der Waals surface area (Å²) in [6.45, 7) is 16.7. The van der Waals surface area contributed by atoms with Gasteiger partial charge in [0.05, 0.1) is 0 Å². The van der Waals surface area contributed by atoms with Crippen molar-refractivity contribution in [2.45, 2.75) is 54.0 Å². The zero-order valence-corrected chi connectivity index (χ0v) is 14.2. The lowest BCUT2D eigenvalue weighted by molar-refractivity contribution is 0.287. The molecule has 1 rings (SSSR count). The van der Waals surface area contributed by atoms with E-state index in [-0.39, 0.29) is 0 Å². The van der Waals surface area contributed by atoms with Gasteiger partial charge >= 0.3 is 0 Å². The van der Waals surface area contributed by atoms with E-state index in [0.717, 1.165) is 19.6 Å². The molecule has 1 unspecified atom stereocenters. The molecule has 1 aromatic rings. The van der Waals surface area contributed by atoms with Gasteiger partial charge in [-0.25, -0.2) is 0 Å². The highest BCUT2D eigenvalue weighted by molar-refractivity contribution is 5.47. The third kappa shape index (κ3) is 5.16. The smallest absolute Gasteiger partial charge is 0.0366 e. The molecule has 0 fully saturated rings. The summed E-state index contributed by atoms with van der Waals surface area (Å²) in [5.41, 5.74) is 2.97. The average Bonchev–Trinajstić information content (AvgIpc) is 2.44. The van der Waals surface area contributed by atoms with E-state index in [2.05, 4.69) is 76.0 Å². The number of benzene rings is 1. The summed E-state index contributed by atoms with van der Waals surface area (Å²) < 4.78 is 0. The van der Waals surface area contributed by atoms with Gasteiger partial charge in [0.2, 0.25) is 0 Å². The summed E-state index contributed by atoms with van der Waals surface area (Å²) in [4.78, 5) is 2.49. The zero-order valence-electron chi connectivity index (χ0n) is 14.2. The average molecular weight is 276 g/mol. The Morgan fingerprint density at radius 2 is 1.75 bits per heavy atom. The van der Waals surface area contributed by atoms with E-state index >= 15 is 0 Å². The number of anilines is 1. The zero-order chi connectivity index (χ0) is 15.2. The van der Waals surface area contributed by atoms with Crippen LogP contribution in [0.15, 0.2) is 24.3 Å². The highest BCUT2D eigenvalue weighted by atomic mass is 15.1. The number of hydrogen-bond acceptors (Lipinski definition) is 2. The van der Waals surface area contributed by atoms with Gasteiger partial charge in [-0.05, 0) is 37.8 Å². The highest BCUT2D eigenvalue weighted by Gasteiger charge is 2.25. The summed E-state index contributed by atoms with van der Waals surface area (Å²) in [5, 5.41) is 3.60. The van der Waals surface area contributed by atoms with E-state index in [1.54, 1.807) is 0 Å². The molecule has 0 aliphatic heterocycles. The first-order valence-electron chi connectivity index (χ1n) is 7.95. The van der Waals surface area contributed by atoms with Gasteiger partial charge in [0.25, 0.3) is 0 Å². The van der Waals surface area contributed by atoms with Gasteiger partial charge in [0.1, 0.15) is 0 Å². The molecule has 0 bridgehead atoms. The van der Waals surface area contributed by atoms with Gasteiger partial charge in [-0.2, -0.15) is 0 Å². The molecule has 114 valence electrons. The lowest BCUT2D eigenvalue weighted by atomic mass is 9.86. The summed E-state index contributed by atoms with van der Waals surface area (Å²) in [5.74, 6) is 0. The Bertz CT molecular complexity index is 383. The minimum atomic E-state index is 0.311. The molecule has 0 aromatic heterocycles. The fraction of sp³-hybridized carbons (Fsp3) is 0.667. The fourth-order valence-corrected chi connectivity index (χ4v) is 2.35. The molecular weight excluding hydrogens is 244 g/mol. The van der Waals surface area contributed by atoms with Gasteiger partial charge in [-0.1, -0.05) is 45.4 Å². The van der Waals surface area contributed by atoms with Crippen molar-refractivity contribution in [3.8, 4) is 0 Å². The molecule has 0 aliphatic rings. The van der Waals surface area contributed by atoms with Crippen molar-refractivity contribution in [1.29, 1.82) is 0 Å². The van der Waals surface area contributed by atoms with Crippen molar-refractivity contribution in [2.24, 2.45) is 5.41 Å². The molecule has 2 nitrogen and oxygen atoms in total. The topological polar surface area (TPSA) is 15.3 Å². The molecular formula is C18H32N2. The van der Waals surface area contributed by atoms with Crippen molar-refractivity contribution in [3.05, 3.63) is 29.8 Å². The van der Waals surface area contributed by atoms with Crippen molar-refractivity contribution < 1.29 is 0 Å². The highest BCUT2D eigenvalue weighted by Crippen LogP contribution is 2.25. The van der Waals surface area contributed by atoms with E-state index in [9.17, 15) is 0 Å². The summed E-state index contributed by atoms with van der Waals surface area (Å²) in [6, 6.07) is 9.44. The van der Waals surface area contributed by atoms with Crippen LogP contribution in [0, 0.1) is 12.3 Å². The third-order valence-corrected chi connectivity index (χ3v) is 4.14. The second-order valence-electron chi connectivity index (χ2n) is 6.55. The van der Waals surface area contributed by atoms with Crippen molar-refractivity contribution in [2.75, 3.05) is 24.5 Å². The van der Waals surface area contributed by atoms with Crippen LogP contribution in [-0.2, 0) is 0 Å². The normalized spacial score (nSPS) is 14.3. The fourth-order valence-electron chi connectivity index (χ4n) is 2.35. The second-order valence-corrected chi connectivity index (χ2v) is 6.55. The van der Waals surface area contributed by atoms with Crippen molar-refractivity contribution in [3.63, 3.8) is 0 Å². The Kier molecular flexibility index (Phi) is 6.54. The van der Waals surface area contributed by atoms with Crippen LogP contribution >= 0.6 is 0 Å². The van der Waals surface area contributed by atoms with Crippen LogP contribution in [-0.4, -0.2) is 25.7 Å². The Hall–Kier alpha value is -1.02. The van der Waals surface area contributed by atoms with Gasteiger partial charge in [0, 0.05) is 31.4 Å². The molecule has 0 spiro atoms. The van der Waals surface area contributed by atoms with Crippen LogP contribution in [0.25, 0.3) is 0 Å². The maximum atomic E-state index is 3.60. The van der Waals surface area contributed by atoms with Crippen LogP contribution in [0.1, 0.15) is 46.6 Å². The monoisotopic (exact) mass is 276 g/mol. The number of rotatable bonds is 8. The molecule has 1 atom stereocenters. The Morgan fingerprint density at radius 3 is 2.20 bits per heavy atom. The largest absolute Gasteiger partial charge is 0.371 e. The predicted molar refractivity (Wildman–Crippen MR) is 90.6 cm³/mol. The molecule has 1 aromatic carbocycles. The first-order valence-corrected chi connectivity index (χ1v) is 7.95. The van der Waals surface area contributed by atoms with E-state index in [0.29, 0.717) is 11.5 Å². The van der Waals surface area contributed by atoms with Crippen LogP contribution < -0.4 is 10.2 Å². The SMILES string of the molecule is CCN(CC(C)(CC)CNC(C)C)c1ccc(C)cc1. The number of nitrogens with zero attached hydrogens (tertiary/aromatic N) is 1. The molecule has 2 heteroatoms. The van der Waals surface area contributed by atoms with Crippen molar-refractivity contribution >= 4 is 5.69 Å². The third-order valence-electron chi connectivity index (χ3n) is 4.14. The molecule has 1 N–H and O–H groups in total. The molecule has 0 aliphatic carbocycles. The summed E-state index contributed by atoms with van der Waals surface area (Å²) in [6.07, 6.45) is 1.19. The van der Waals surface area contributed by atoms with E-state index in [1.165, 1.54) is 17.7 Å². The first kappa shape index (κ1) is 17.0. The van der Waals surface area contributed by atoms with E-state index in [4.69, 9.17) is 0 Å². The molecule has 0 amide bonds. The quantitative estimate of drug-likeness (QED) is 0.764. The maximum absolute atomic E-state index is 3.60. The van der Waals surface area contributed by atoms with E-state index < -0.39 is 0 Å². The van der Waals surface area contributed by atoms with Crippen LogP contribution in [0.3, 0.4) is 0 Å². The predicted octanol–water partition coefficient (Wildman–Crippen LogP) is 4.24. The lowest BCUT2D eigenvalue weighted by Crippen LogP contribution is -2.43. The van der Waals surface area contributed by atoms with E-state index in [1.807, 2.05) is 0 Å². The number of nitrogens with one attached hydrogen (secondary N) is 1. The van der Waals surface area contributed by atoms with Crippen LogP contribution in [0.2, 0.25) is 0 Å². The van der Waals surface area contributed by atoms with Crippen molar-refractivity contribution in [1.82, 2.24) is 5.32 Å². The summed E-state index contributed by atoms with van der Waals surface area (Å²) >= 11 is 0. The molecule has 0 saturated heterocycles. The number of aryl methyl sites for hydroxylation is 1. The van der Waals surface area contributed by atoms with Gasteiger partial charge in [0.15, 0.2) is 0 Å². The second kappa shape index (κ2) is 7.68. The Labute approximate surface area is 125 Å². The molecule has 0 heterocycles. The Morgan fingerprint density at radius 1 is 1.15 bits per heavy atom. The van der Waals surface area contributed by atoms with Gasteiger partial charge < -0.3 is 10.2 Å². The molecule has 20 heavy (non-hydrogen) atoms. The van der Waals surface area contributed by atoms with Gasteiger partial charge in [-0.15, -0.1) is 0 Å².